The summed E-state index contributed by atoms with van der Waals surface area (Å²) in [6.07, 6.45) is 1.39. The van der Waals surface area contributed by atoms with Crippen molar-refractivity contribution in [2.45, 2.75) is 12.8 Å². The summed E-state index contributed by atoms with van der Waals surface area (Å²) >= 11 is 5.05. The number of halogens is 1. The third-order valence-corrected chi connectivity index (χ3v) is 5.36. The molecule has 1 aromatic heterocycles. The molecule has 1 unspecified atom stereocenters. The summed E-state index contributed by atoms with van der Waals surface area (Å²) in [4.78, 5) is 18.8. The van der Waals surface area contributed by atoms with Crippen molar-refractivity contribution >= 4 is 33.2 Å². The second kappa shape index (κ2) is 6.89. The molecule has 2 heterocycles. The van der Waals surface area contributed by atoms with Crippen molar-refractivity contribution in [2.75, 3.05) is 19.6 Å². The molecule has 1 aromatic carbocycles. The highest BCUT2D eigenvalue weighted by atomic mass is 79.9. The molecule has 0 radical (unpaired) electrons. The molecule has 1 aliphatic rings. The summed E-state index contributed by atoms with van der Waals surface area (Å²) in [5.41, 5.74) is 7.60. The van der Waals surface area contributed by atoms with Gasteiger partial charge in [-0.25, -0.2) is 4.98 Å². The van der Waals surface area contributed by atoms with Crippen LogP contribution in [0.5, 0.6) is 0 Å². The predicted molar refractivity (Wildman–Crippen MR) is 92.7 cm³/mol. The normalized spacial score (nSPS) is 17.9. The van der Waals surface area contributed by atoms with E-state index in [-0.39, 0.29) is 5.91 Å². The molecule has 1 aliphatic heterocycles. The Balaban J connectivity index is 1.66. The molecule has 0 saturated carbocycles. The Morgan fingerprint density at radius 2 is 2.36 bits per heavy atom. The third-order valence-electron chi connectivity index (χ3n) is 3.93. The van der Waals surface area contributed by atoms with E-state index in [1.807, 2.05) is 34.5 Å². The summed E-state index contributed by atoms with van der Waals surface area (Å²) < 4.78 is 1.03. The average molecular weight is 380 g/mol. The molecule has 1 amide bonds. The zero-order valence-electron chi connectivity index (χ0n) is 12.2. The van der Waals surface area contributed by atoms with Gasteiger partial charge in [0.05, 0.1) is 12.1 Å². The molecule has 0 aliphatic carbocycles. The monoisotopic (exact) mass is 379 g/mol. The second-order valence-corrected chi connectivity index (χ2v) is 7.34. The highest BCUT2D eigenvalue weighted by molar-refractivity contribution is 9.10. The van der Waals surface area contributed by atoms with E-state index in [1.165, 1.54) is 0 Å². The fourth-order valence-electron chi connectivity index (χ4n) is 2.66. The Labute approximate surface area is 142 Å². The van der Waals surface area contributed by atoms with Gasteiger partial charge in [-0.2, -0.15) is 0 Å². The van der Waals surface area contributed by atoms with E-state index in [4.69, 9.17) is 5.73 Å². The van der Waals surface area contributed by atoms with Crippen LogP contribution in [0.25, 0.3) is 10.6 Å². The molecular weight excluding hydrogens is 362 g/mol. The highest BCUT2D eigenvalue weighted by Gasteiger charge is 2.25. The van der Waals surface area contributed by atoms with Gasteiger partial charge >= 0.3 is 0 Å². The van der Waals surface area contributed by atoms with Crippen LogP contribution in [-0.4, -0.2) is 35.4 Å². The number of nitrogens with two attached hydrogens (primary N) is 1. The number of thiazole rings is 1. The van der Waals surface area contributed by atoms with E-state index < -0.39 is 0 Å². The quantitative estimate of drug-likeness (QED) is 0.888. The van der Waals surface area contributed by atoms with Crippen LogP contribution in [-0.2, 0) is 11.2 Å². The van der Waals surface area contributed by atoms with Crippen LogP contribution in [0.1, 0.15) is 12.1 Å². The number of nitrogens with zero attached hydrogens (tertiary/aromatic N) is 2. The van der Waals surface area contributed by atoms with Crippen LogP contribution in [0.4, 0.5) is 0 Å². The predicted octanol–water partition coefficient (Wildman–Crippen LogP) is 2.92. The Kier molecular flexibility index (Phi) is 4.90. The van der Waals surface area contributed by atoms with Gasteiger partial charge in [0.25, 0.3) is 0 Å². The lowest BCUT2D eigenvalue weighted by Crippen LogP contribution is -2.31. The Morgan fingerprint density at radius 1 is 1.50 bits per heavy atom. The lowest BCUT2D eigenvalue weighted by atomic mass is 10.1. The Morgan fingerprint density at radius 3 is 3.09 bits per heavy atom. The molecule has 3 rings (SSSR count). The number of benzene rings is 1. The van der Waals surface area contributed by atoms with Crippen molar-refractivity contribution in [1.29, 1.82) is 0 Å². The van der Waals surface area contributed by atoms with Gasteiger partial charge in [-0.15, -0.1) is 11.3 Å². The first-order valence-corrected chi connectivity index (χ1v) is 9.01. The summed E-state index contributed by atoms with van der Waals surface area (Å²) in [5, 5.41) is 2.93. The summed E-state index contributed by atoms with van der Waals surface area (Å²) in [6, 6.07) is 8.05. The molecule has 2 aromatic rings. The minimum atomic E-state index is 0.155. The largest absolute Gasteiger partial charge is 0.342 e. The first-order valence-electron chi connectivity index (χ1n) is 7.34. The van der Waals surface area contributed by atoms with Crippen molar-refractivity contribution in [2.24, 2.45) is 11.7 Å². The molecule has 0 spiro atoms. The van der Waals surface area contributed by atoms with E-state index in [0.717, 1.165) is 40.2 Å². The number of likely N-dealkylation sites (tertiary alicyclic amines) is 1. The Bertz CT molecular complexity index is 673. The number of rotatable bonds is 4. The van der Waals surface area contributed by atoms with Crippen molar-refractivity contribution in [3.05, 3.63) is 39.8 Å². The number of carbonyl (C=O) groups excluding carboxylic acids is 1. The number of carbonyl (C=O) groups is 1. The van der Waals surface area contributed by atoms with Crippen LogP contribution in [0.2, 0.25) is 0 Å². The van der Waals surface area contributed by atoms with Gasteiger partial charge in [0.15, 0.2) is 0 Å². The van der Waals surface area contributed by atoms with Gasteiger partial charge in [0.1, 0.15) is 5.01 Å². The molecule has 22 heavy (non-hydrogen) atoms. The van der Waals surface area contributed by atoms with Gasteiger partial charge < -0.3 is 10.6 Å². The van der Waals surface area contributed by atoms with Gasteiger partial charge in [-0.1, -0.05) is 28.1 Å². The standard InChI is InChI=1S/C16H18BrN3OS/c17-13-3-1-2-12(6-13)16-19-14(10-22-16)7-15(21)20-5-4-11(8-18)9-20/h1-3,6,10-11H,4-5,7-9,18H2. The maximum atomic E-state index is 12.3. The number of aromatic nitrogens is 1. The molecule has 6 heteroatoms. The van der Waals surface area contributed by atoms with Gasteiger partial charge in [0.2, 0.25) is 5.91 Å². The molecule has 1 fully saturated rings. The van der Waals surface area contributed by atoms with Crippen LogP contribution >= 0.6 is 27.3 Å². The first kappa shape index (κ1) is 15.6. The maximum Gasteiger partial charge on any atom is 0.228 e. The minimum absolute atomic E-state index is 0.155. The van der Waals surface area contributed by atoms with Gasteiger partial charge in [-0.3, -0.25) is 4.79 Å². The number of hydrogen-bond donors (Lipinski definition) is 1. The zero-order chi connectivity index (χ0) is 15.5. The van der Waals surface area contributed by atoms with E-state index in [0.29, 0.717) is 18.9 Å². The van der Waals surface area contributed by atoms with Crippen LogP contribution in [0.15, 0.2) is 34.1 Å². The minimum Gasteiger partial charge on any atom is -0.342 e. The SMILES string of the molecule is NCC1CCN(C(=O)Cc2csc(-c3cccc(Br)c3)n2)C1. The van der Waals surface area contributed by atoms with E-state index in [2.05, 4.69) is 20.9 Å². The van der Waals surface area contributed by atoms with Gasteiger partial charge in [0, 0.05) is 28.5 Å². The number of amides is 1. The van der Waals surface area contributed by atoms with Crippen LogP contribution in [0.3, 0.4) is 0 Å². The average Bonchev–Trinajstić information content (AvgIpc) is 3.16. The highest BCUT2D eigenvalue weighted by Crippen LogP contribution is 2.26. The van der Waals surface area contributed by atoms with Crippen molar-refractivity contribution in [3.8, 4) is 10.6 Å². The Hall–Kier alpha value is -1.24. The fourth-order valence-corrected chi connectivity index (χ4v) is 3.88. The molecular formula is C16H18BrN3OS. The second-order valence-electron chi connectivity index (χ2n) is 5.56. The molecule has 1 saturated heterocycles. The third kappa shape index (κ3) is 3.56. The van der Waals surface area contributed by atoms with E-state index in [1.54, 1.807) is 11.3 Å². The van der Waals surface area contributed by atoms with Gasteiger partial charge in [-0.05, 0) is 31.0 Å². The maximum absolute atomic E-state index is 12.3. The van der Waals surface area contributed by atoms with Crippen LogP contribution in [0, 0.1) is 5.92 Å². The molecule has 0 bridgehead atoms. The lowest BCUT2D eigenvalue weighted by Gasteiger charge is -2.15. The lowest BCUT2D eigenvalue weighted by molar-refractivity contribution is -0.129. The summed E-state index contributed by atoms with van der Waals surface area (Å²) in [5.74, 6) is 0.610. The molecule has 116 valence electrons. The summed E-state index contributed by atoms with van der Waals surface area (Å²) in [7, 11) is 0. The number of hydrogen-bond acceptors (Lipinski definition) is 4. The summed E-state index contributed by atoms with van der Waals surface area (Å²) in [6.45, 7) is 2.27. The van der Waals surface area contributed by atoms with E-state index in [9.17, 15) is 4.79 Å². The van der Waals surface area contributed by atoms with Crippen molar-refractivity contribution in [3.63, 3.8) is 0 Å². The molecule has 1 atom stereocenters. The zero-order valence-corrected chi connectivity index (χ0v) is 14.6. The molecule has 2 N–H and O–H groups in total. The smallest absolute Gasteiger partial charge is 0.228 e. The van der Waals surface area contributed by atoms with Crippen molar-refractivity contribution < 1.29 is 4.79 Å². The van der Waals surface area contributed by atoms with Crippen molar-refractivity contribution in [1.82, 2.24) is 9.88 Å². The topological polar surface area (TPSA) is 59.2 Å². The first-order chi connectivity index (χ1) is 10.7. The van der Waals surface area contributed by atoms with E-state index >= 15 is 0 Å². The van der Waals surface area contributed by atoms with Crippen LogP contribution < -0.4 is 5.73 Å². The molecule has 4 nitrogen and oxygen atoms in total. The fraction of sp³-hybridized carbons (Fsp3) is 0.375.